The minimum absolute atomic E-state index is 0.0745. The maximum Gasteiger partial charge on any atom is 0.273 e. The third-order valence-electron chi connectivity index (χ3n) is 4.87. The topological polar surface area (TPSA) is 80.1 Å². The highest BCUT2D eigenvalue weighted by molar-refractivity contribution is 5.92. The number of ether oxygens (including phenoxy) is 2. The molecule has 8 heteroatoms. The van der Waals surface area contributed by atoms with Gasteiger partial charge in [0.2, 0.25) is 12.7 Å². The highest BCUT2D eigenvalue weighted by Gasteiger charge is 2.21. The van der Waals surface area contributed by atoms with Gasteiger partial charge < -0.3 is 19.2 Å². The van der Waals surface area contributed by atoms with E-state index in [4.69, 9.17) is 13.9 Å². The number of carbonyl (C=O) groups is 1. The predicted molar refractivity (Wildman–Crippen MR) is 102 cm³/mol. The van der Waals surface area contributed by atoms with Gasteiger partial charge in [-0.1, -0.05) is 6.07 Å². The quantitative estimate of drug-likeness (QED) is 0.812. The molecule has 2 aliphatic rings. The van der Waals surface area contributed by atoms with Crippen molar-refractivity contribution in [2.75, 3.05) is 33.0 Å². The second-order valence-electron chi connectivity index (χ2n) is 7.49. The summed E-state index contributed by atoms with van der Waals surface area (Å²) in [7, 11) is 0. The largest absolute Gasteiger partial charge is 0.454 e. The second-order valence-corrected chi connectivity index (χ2v) is 7.49. The number of hydrogen-bond donors (Lipinski definition) is 1. The maximum absolute atomic E-state index is 12.0. The summed E-state index contributed by atoms with van der Waals surface area (Å²) in [5.74, 6) is 2.04. The smallest absolute Gasteiger partial charge is 0.273 e. The summed E-state index contributed by atoms with van der Waals surface area (Å²) < 4.78 is 16.3. The van der Waals surface area contributed by atoms with Crippen molar-refractivity contribution < 1.29 is 18.7 Å². The fraction of sp³-hybridized carbons (Fsp3) is 0.500. The van der Waals surface area contributed by atoms with Gasteiger partial charge in [-0.25, -0.2) is 4.98 Å². The predicted octanol–water partition coefficient (Wildman–Crippen LogP) is 1.86. The first-order valence-corrected chi connectivity index (χ1v) is 9.65. The van der Waals surface area contributed by atoms with Crippen LogP contribution in [0.1, 0.15) is 35.8 Å². The third-order valence-corrected chi connectivity index (χ3v) is 4.87. The van der Waals surface area contributed by atoms with E-state index in [0.29, 0.717) is 24.9 Å². The number of rotatable bonds is 6. The van der Waals surface area contributed by atoms with Crippen LogP contribution >= 0.6 is 0 Å². The second kappa shape index (κ2) is 8.20. The fourth-order valence-electron chi connectivity index (χ4n) is 3.42. The van der Waals surface area contributed by atoms with Crippen LogP contribution in [-0.2, 0) is 13.1 Å². The average Bonchev–Trinajstić information content (AvgIpc) is 3.32. The highest BCUT2D eigenvalue weighted by atomic mass is 16.7. The van der Waals surface area contributed by atoms with Crippen molar-refractivity contribution in [3.05, 3.63) is 41.6 Å². The molecule has 4 rings (SSSR count). The van der Waals surface area contributed by atoms with Crippen LogP contribution in [0.15, 0.2) is 28.9 Å². The molecule has 2 aliphatic heterocycles. The van der Waals surface area contributed by atoms with E-state index in [0.717, 1.165) is 44.2 Å². The normalized spacial score (nSPS) is 17.2. The van der Waals surface area contributed by atoms with Gasteiger partial charge in [0, 0.05) is 38.8 Å². The number of benzene rings is 1. The molecule has 8 nitrogen and oxygen atoms in total. The molecule has 1 saturated heterocycles. The molecule has 0 unspecified atom stereocenters. The van der Waals surface area contributed by atoms with Gasteiger partial charge in [0.25, 0.3) is 5.91 Å². The molecule has 0 bridgehead atoms. The Morgan fingerprint density at radius 2 is 1.82 bits per heavy atom. The van der Waals surface area contributed by atoms with E-state index >= 15 is 0 Å². The van der Waals surface area contributed by atoms with Crippen LogP contribution in [0.5, 0.6) is 11.5 Å². The zero-order valence-corrected chi connectivity index (χ0v) is 16.3. The molecule has 0 saturated carbocycles. The lowest BCUT2D eigenvalue weighted by molar-refractivity contribution is 0.0937. The van der Waals surface area contributed by atoms with E-state index in [-0.39, 0.29) is 11.9 Å². The first-order valence-electron chi connectivity index (χ1n) is 9.65. The lowest BCUT2D eigenvalue weighted by Gasteiger charge is -2.34. The number of piperazine rings is 1. The number of amides is 1. The van der Waals surface area contributed by atoms with Gasteiger partial charge in [0.15, 0.2) is 17.2 Å². The minimum atomic E-state index is -0.196. The molecule has 1 aromatic carbocycles. The molecule has 28 heavy (non-hydrogen) atoms. The molecular formula is C20H26N4O4. The number of hydrogen-bond acceptors (Lipinski definition) is 7. The first kappa shape index (κ1) is 18.8. The molecule has 0 atom stereocenters. The van der Waals surface area contributed by atoms with Gasteiger partial charge in [0.05, 0.1) is 6.54 Å². The molecule has 3 heterocycles. The average molecular weight is 386 g/mol. The maximum atomic E-state index is 12.0. The fourth-order valence-corrected chi connectivity index (χ4v) is 3.42. The lowest BCUT2D eigenvalue weighted by atomic mass is 10.1. The van der Waals surface area contributed by atoms with Gasteiger partial charge >= 0.3 is 0 Å². The number of fused-ring (bicyclic) bond motifs is 1. The van der Waals surface area contributed by atoms with Gasteiger partial charge in [0.1, 0.15) is 6.26 Å². The Kier molecular flexibility index (Phi) is 5.50. The zero-order valence-electron chi connectivity index (χ0n) is 16.3. The van der Waals surface area contributed by atoms with Crippen LogP contribution in [0.3, 0.4) is 0 Å². The summed E-state index contributed by atoms with van der Waals surface area (Å²) >= 11 is 0. The summed E-state index contributed by atoms with van der Waals surface area (Å²) in [4.78, 5) is 21.0. The van der Waals surface area contributed by atoms with Crippen LogP contribution < -0.4 is 14.8 Å². The molecule has 0 aliphatic carbocycles. The van der Waals surface area contributed by atoms with Crippen molar-refractivity contribution in [1.29, 1.82) is 0 Å². The van der Waals surface area contributed by atoms with E-state index in [9.17, 15) is 4.79 Å². The van der Waals surface area contributed by atoms with Gasteiger partial charge in [-0.05, 0) is 31.5 Å². The minimum Gasteiger partial charge on any atom is -0.454 e. The summed E-state index contributed by atoms with van der Waals surface area (Å²) in [5, 5.41) is 2.82. The molecule has 1 N–H and O–H groups in total. The Morgan fingerprint density at radius 3 is 2.57 bits per heavy atom. The van der Waals surface area contributed by atoms with Crippen molar-refractivity contribution in [3.63, 3.8) is 0 Å². The Hall–Kier alpha value is -2.58. The summed E-state index contributed by atoms with van der Waals surface area (Å²) in [6.07, 6.45) is 1.43. The SMILES string of the molecule is CC(C)NC(=O)c1coc(CN2CCN(Cc3ccc4c(c3)OCO4)CC2)n1. The number of nitrogens with one attached hydrogen (secondary N) is 1. The number of aromatic nitrogens is 1. The number of oxazole rings is 1. The van der Waals surface area contributed by atoms with Crippen LogP contribution in [0.4, 0.5) is 0 Å². The summed E-state index contributed by atoms with van der Waals surface area (Å²) in [6, 6.07) is 6.20. The standard InChI is InChI=1S/C20H26N4O4/c1-14(2)21-20(25)16-12-26-19(22-16)11-24-7-5-23(6-8-24)10-15-3-4-17-18(9-15)28-13-27-17/h3-4,9,12,14H,5-8,10-11,13H2,1-2H3,(H,21,25). The molecular weight excluding hydrogens is 360 g/mol. The Bertz CT molecular complexity index is 827. The van der Waals surface area contributed by atoms with E-state index in [2.05, 4.69) is 32.2 Å². The molecule has 1 fully saturated rings. The third kappa shape index (κ3) is 4.45. The van der Waals surface area contributed by atoms with E-state index in [1.54, 1.807) is 0 Å². The van der Waals surface area contributed by atoms with Crippen LogP contribution in [-0.4, -0.2) is 59.7 Å². The van der Waals surface area contributed by atoms with E-state index < -0.39 is 0 Å². The van der Waals surface area contributed by atoms with Crippen LogP contribution in [0, 0.1) is 0 Å². The molecule has 150 valence electrons. The highest BCUT2D eigenvalue weighted by Crippen LogP contribution is 2.32. The van der Waals surface area contributed by atoms with Crippen molar-refractivity contribution in [1.82, 2.24) is 20.1 Å². The van der Waals surface area contributed by atoms with E-state index in [1.807, 2.05) is 19.9 Å². The molecule has 2 aromatic rings. The number of nitrogens with zero attached hydrogens (tertiary/aromatic N) is 3. The van der Waals surface area contributed by atoms with Gasteiger partial charge in [-0.15, -0.1) is 0 Å². The zero-order chi connectivity index (χ0) is 19.5. The Labute approximate surface area is 164 Å². The summed E-state index contributed by atoms with van der Waals surface area (Å²) in [5.41, 5.74) is 1.57. The Balaban J connectivity index is 1.25. The Morgan fingerprint density at radius 1 is 1.11 bits per heavy atom. The van der Waals surface area contributed by atoms with Crippen molar-refractivity contribution in [3.8, 4) is 11.5 Å². The van der Waals surface area contributed by atoms with Gasteiger partial charge in [-0.2, -0.15) is 0 Å². The van der Waals surface area contributed by atoms with Crippen LogP contribution in [0.2, 0.25) is 0 Å². The van der Waals surface area contributed by atoms with Crippen molar-refractivity contribution in [2.45, 2.75) is 33.0 Å². The molecule has 0 radical (unpaired) electrons. The molecule has 1 amide bonds. The summed E-state index contributed by atoms with van der Waals surface area (Å²) in [6.45, 7) is 9.45. The monoisotopic (exact) mass is 386 g/mol. The first-order chi connectivity index (χ1) is 13.6. The van der Waals surface area contributed by atoms with Crippen molar-refractivity contribution >= 4 is 5.91 Å². The number of carbonyl (C=O) groups excluding carboxylic acids is 1. The van der Waals surface area contributed by atoms with Crippen LogP contribution in [0.25, 0.3) is 0 Å². The van der Waals surface area contributed by atoms with E-state index in [1.165, 1.54) is 11.8 Å². The molecule has 0 spiro atoms. The van der Waals surface area contributed by atoms with Gasteiger partial charge in [-0.3, -0.25) is 14.6 Å². The van der Waals surface area contributed by atoms with Crippen molar-refractivity contribution in [2.24, 2.45) is 0 Å². The lowest BCUT2D eigenvalue weighted by Crippen LogP contribution is -2.45. The molecule has 1 aromatic heterocycles.